The highest BCUT2D eigenvalue weighted by Crippen LogP contribution is 2.26. The first-order chi connectivity index (χ1) is 7.70. The van der Waals surface area contributed by atoms with Crippen molar-refractivity contribution in [3.8, 4) is 0 Å². The molecule has 0 aromatic heterocycles. The maximum atomic E-state index is 6.20. The Labute approximate surface area is 103 Å². The smallest absolute Gasteiger partial charge is 0.0742 e. The number of hydrogen-bond acceptors (Lipinski definition) is 2. The van der Waals surface area contributed by atoms with Crippen LogP contribution < -0.4 is 5.32 Å². The summed E-state index contributed by atoms with van der Waals surface area (Å²) in [5.41, 5.74) is 1.10. The maximum Gasteiger partial charge on any atom is 0.0742 e. The van der Waals surface area contributed by atoms with E-state index in [1.807, 2.05) is 31.2 Å². The van der Waals surface area contributed by atoms with E-state index < -0.39 is 0 Å². The summed E-state index contributed by atoms with van der Waals surface area (Å²) in [5, 5.41) is 4.21. The Morgan fingerprint density at radius 3 is 2.56 bits per heavy atom. The molecule has 0 aliphatic rings. The fourth-order valence-electron chi connectivity index (χ4n) is 1.84. The molecule has 1 aromatic carbocycles. The van der Waals surface area contributed by atoms with Crippen molar-refractivity contribution in [3.63, 3.8) is 0 Å². The van der Waals surface area contributed by atoms with Gasteiger partial charge in [0.2, 0.25) is 0 Å². The molecule has 16 heavy (non-hydrogen) atoms. The maximum absolute atomic E-state index is 6.20. The summed E-state index contributed by atoms with van der Waals surface area (Å²) in [6.45, 7) is 7.77. The fourth-order valence-corrected chi connectivity index (χ4v) is 2.09. The average molecular weight is 242 g/mol. The highest BCUT2D eigenvalue weighted by molar-refractivity contribution is 6.31. The first-order valence-corrected chi connectivity index (χ1v) is 6.17. The average Bonchev–Trinajstić information content (AvgIpc) is 2.27. The molecule has 0 bridgehead atoms. The van der Waals surface area contributed by atoms with Gasteiger partial charge in [-0.05, 0) is 32.0 Å². The third kappa shape index (κ3) is 3.48. The first-order valence-electron chi connectivity index (χ1n) is 5.80. The Morgan fingerprint density at radius 2 is 2.00 bits per heavy atom. The molecule has 0 aliphatic carbocycles. The van der Waals surface area contributed by atoms with Gasteiger partial charge in [-0.15, -0.1) is 0 Å². The van der Waals surface area contributed by atoms with Crippen LogP contribution in [0.2, 0.25) is 5.02 Å². The lowest BCUT2D eigenvalue weighted by molar-refractivity contribution is 0.0477. The van der Waals surface area contributed by atoms with E-state index in [9.17, 15) is 0 Å². The Hall–Kier alpha value is -0.570. The third-order valence-electron chi connectivity index (χ3n) is 2.56. The summed E-state index contributed by atoms with van der Waals surface area (Å²) in [5.74, 6) is 0. The molecule has 2 nitrogen and oxygen atoms in total. The van der Waals surface area contributed by atoms with Gasteiger partial charge in [-0.25, -0.2) is 0 Å². The van der Waals surface area contributed by atoms with Crippen LogP contribution in [-0.4, -0.2) is 19.3 Å². The number of likely N-dealkylation sites (N-methyl/N-ethyl adjacent to an activating group) is 1. The van der Waals surface area contributed by atoms with Gasteiger partial charge in [0.25, 0.3) is 0 Å². The number of hydrogen-bond donors (Lipinski definition) is 1. The molecule has 1 rings (SSSR count). The zero-order chi connectivity index (χ0) is 12.0. The number of rotatable bonds is 6. The molecule has 0 spiro atoms. The van der Waals surface area contributed by atoms with Crippen LogP contribution in [0.4, 0.5) is 0 Å². The molecule has 0 aliphatic heterocycles. The van der Waals surface area contributed by atoms with Crippen LogP contribution in [0.5, 0.6) is 0 Å². The van der Waals surface area contributed by atoms with E-state index in [1.165, 1.54) is 0 Å². The molecule has 1 aromatic rings. The minimum Gasteiger partial charge on any atom is -0.377 e. The lowest BCUT2D eigenvalue weighted by Gasteiger charge is -2.25. The van der Waals surface area contributed by atoms with Crippen LogP contribution in [0.3, 0.4) is 0 Å². The molecule has 1 N–H and O–H groups in total. The second-order valence-electron chi connectivity index (χ2n) is 3.72. The van der Waals surface area contributed by atoms with Crippen molar-refractivity contribution < 1.29 is 4.74 Å². The molecule has 3 heteroatoms. The second kappa shape index (κ2) is 6.89. The van der Waals surface area contributed by atoms with E-state index in [-0.39, 0.29) is 12.1 Å². The van der Waals surface area contributed by atoms with Gasteiger partial charge in [0.15, 0.2) is 0 Å². The fraction of sp³-hybridized carbons (Fsp3) is 0.538. The lowest BCUT2D eigenvalue weighted by Crippen LogP contribution is -2.32. The summed E-state index contributed by atoms with van der Waals surface area (Å²) in [4.78, 5) is 0. The summed E-state index contributed by atoms with van der Waals surface area (Å²) in [6, 6.07) is 8.06. The van der Waals surface area contributed by atoms with Gasteiger partial charge in [-0.2, -0.15) is 0 Å². The zero-order valence-electron chi connectivity index (χ0n) is 10.2. The minimum atomic E-state index is 0.116. The number of benzene rings is 1. The summed E-state index contributed by atoms with van der Waals surface area (Å²) < 4.78 is 5.64. The first kappa shape index (κ1) is 13.5. The van der Waals surface area contributed by atoms with Gasteiger partial charge in [-0.1, -0.05) is 36.7 Å². The lowest BCUT2D eigenvalue weighted by atomic mass is 10.0. The van der Waals surface area contributed by atoms with E-state index in [0.717, 1.165) is 17.1 Å². The second-order valence-corrected chi connectivity index (χ2v) is 4.12. The van der Waals surface area contributed by atoms with Crippen molar-refractivity contribution >= 4 is 11.6 Å². The molecule has 2 atom stereocenters. The SMILES string of the molecule is CCNC(c1ccccc1Cl)C(C)OCC. The predicted molar refractivity (Wildman–Crippen MR) is 69.0 cm³/mol. The van der Waals surface area contributed by atoms with E-state index in [2.05, 4.69) is 19.2 Å². The molecular weight excluding hydrogens is 222 g/mol. The van der Waals surface area contributed by atoms with Crippen LogP contribution in [0.15, 0.2) is 24.3 Å². The monoisotopic (exact) mass is 241 g/mol. The van der Waals surface area contributed by atoms with Crippen molar-refractivity contribution in [2.45, 2.75) is 32.9 Å². The molecule has 0 saturated carbocycles. The zero-order valence-corrected chi connectivity index (χ0v) is 10.9. The Kier molecular flexibility index (Phi) is 5.81. The van der Waals surface area contributed by atoms with Crippen molar-refractivity contribution in [3.05, 3.63) is 34.9 Å². The van der Waals surface area contributed by atoms with Gasteiger partial charge in [0.1, 0.15) is 0 Å². The van der Waals surface area contributed by atoms with Crippen molar-refractivity contribution in [2.75, 3.05) is 13.2 Å². The third-order valence-corrected chi connectivity index (χ3v) is 2.91. The van der Waals surface area contributed by atoms with Gasteiger partial charge in [0.05, 0.1) is 12.1 Å². The molecule has 0 saturated heterocycles. The van der Waals surface area contributed by atoms with Crippen LogP contribution in [0, 0.1) is 0 Å². The molecule has 0 fully saturated rings. The van der Waals surface area contributed by atoms with Crippen molar-refractivity contribution in [2.24, 2.45) is 0 Å². The molecule has 2 unspecified atom stereocenters. The summed E-state index contributed by atoms with van der Waals surface area (Å²) in [7, 11) is 0. The summed E-state index contributed by atoms with van der Waals surface area (Å²) in [6.07, 6.45) is 0.116. The molecule has 0 heterocycles. The number of ether oxygens (including phenoxy) is 1. The van der Waals surface area contributed by atoms with Crippen molar-refractivity contribution in [1.29, 1.82) is 0 Å². The van der Waals surface area contributed by atoms with Gasteiger partial charge in [0, 0.05) is 11.6 Å². The Bertz CT molecular complexity index is 317. The van der Waals surface area contributed by atoms with Crippen LogP contribution in [0.25, 0.3) is 0 Å². The molecule has 90 valence electrons. The number of halogens is 1. The van der Waals surface area contributed by atoms with Crippen molar-refractivity contribution in [1.82, 2.24) is 5.32 Å². The topological polar surface area (TPSA) is 21.3 Å². The largest absolute Gasteiger partial charge is 0.377 e. The molecule has 0 radical (unpaired) electrons. The van der Waals surface area contributed by atoms with E-state index in [4.69, 9.17) is 16.3 Å². The quantitative estimate of drug-likeness (QED) is 0.824. The molecular formula is C13H20ClNO. The highest BCUT2D eigenvalue weighted by atomic mass is 35.5. The van der Waals surface area contributed by atoms with Gasteiger partial charge >= 0.3 is 0 Å². The Balaban J connectivity index is 2.88. The predicted octanol–water partition coefficient (Wildman–Crippen LogP) is 3.42. The van der Waals surface area contributed by atoms with Gasteiger partial charge < -0.3 is 10.1 Å². The molecule has 0 amide bonds. The normalized spacial score (nSPS) is 14.8. The summed E-state index contributed by atoms with van der Waals surface area (Å²) >= 11 is 6.20. The van der Waals surface area contributed by atoms with Crippen LogP contribution in [-0.2, 0) is 4.74 Å². The number of nitrogens with one attached hydrogen (secondary N) is 1. The standard InChI is InChI=1S/C13H20ClNO/c1-4-15-13(10(3)16-5-2)11-8-6-7-9-12(11)14/h6-10,13,15H,4-5H2,1-3H3. The highest BCUT2D eigenvalue weighted by Gasteiger charge is 2.20. The van der Waals surface area contributed by atoms with Gasteiger partial charge in [-0.3, -0.25) is 0 Å². The Morgan fingerprint density at radius 1 is 1.31 bits per heavy atom. The minimum absolute atomic E-state index is 0.116. The van der Waals surface area contributed by atoms with Crippen LogP contribution >= 0.6 is 11.6 Å². The van der Waals surface area contributed by atoms with E-state index in [0.29, 0.717) is 6.61 Å². The van der Waals surface area contributed by atoms with E-state index >= 15 is 0 Å². The van der Waals surface area contributed by atoms with E-state index in [1.54, 1.807) is 0 Å². The van der Waals surface area contributed by atoms with Crippen LogP contribution in [0.1, 0.15) is 32.4 Å².